The van der Waals surface area contributed by atoms with Crippen molar-refractivity contribution < 1.29 is 17.7 Å². The second-order valence-electron chi connectivity index (χ2n) is 4.14. The largest absolute Gasteiger partial charge is 0.399 e. The van der Waals surface area contributed by atoms with E-state index in [-0.39, 0.29) is 18.1 Å². The lowest BCUT2D eigenvalue weighted by Crippen LogP contribution is -2.09. The van der Waals surface area contributed by atoms with Gasteiger partial charge < -0.3 is 10.3 Å². The first-order chi connectivity index (χ1) is 8.92. The van der Waals surface area contributed by atoms with Crippen molar-refractivity contribution in [3.8, 4) is 0 Å². The summed E-state index contributed by atoms with van der Waals surface area (Å²) >= 11 is 0. The van der Waals surface area contributed by atoms with Crippen molar-refractivity contribution >= 4 is 5.69 Å². The summed E-state index contributed by atoms with van der Waals surface area (Å²) in [5.74, 6) is 0.346. The molecule has 0 saturated carbocycles. The Balaban J connectivity index is 1.97. The van der Waals surface area contributed by atoms with Gasteiger partial charge in [0.1, 0.15) is 0 Å². The molecule has 0 radical (unpaired) electrons. The molecule has 0 spiro atoms. The molecule has 102 valence electrons. The van der Waals surface area contributed by atoms with Gasteiger partial charge in [-0.25, -0.2) is 0 Å². The maximum absolute atomic E-state index is 12.0. The number of halogens is 3. The van der Waals surface area contributed by atoms with E-state index >= 15 is 0 Å². The van der Waals surface area contributed by atoms with E-state index in [1.807, 2.05) is 6.07 Å². The Morgan fingerprint density at radius 3 is 2.74 bits per heavy atom. The molecule has 0 aliphatic rings. The molecule has 0 aliphatic heterocycles. The molecule has 1 aromatic heterocycles. The normalized spacial score (nSPS) is 11.7. The molecule has 0 unspecified atom stereocenters. The monoisotopic (exact) mass is 271 g/mol. The van der Waals surface area contributed by atoms with Crippen molar-refractivity contribution in [1.29, 1.82) is 0 Å². The Labute approximate surface area is 107 Å². The lowest BCUT2D eigenvalue weighted by atomic mass is 10.1. The van der Waals surface area contributed by atoms with Crippen molar-refractivity contribution in [2.75, 3.05) is 5.73 Å². The topological polar surface area (TPSA) is 64.9 Å². The molecule has 7 heteroatoms. The van der Waals surface area contributed by atoms with E-state index in [1.165, 1.54) is 0 Å². The van der Waals surface area contributed by atoms with Crippen molar-refractivity contribution in [2.45, 2.75) is 25.4 Å². The molecule has 0 bridgehead atoms. The average Bonchev–Trinajstić information content (AvgIpc) is 2.73. The molecule has 2 N–H and O–H groups in total. The summed E-state index contributed by atoms with van der Waals surface area (Å²) in [6.45, 7) is 0. The van der Waals surface area contributed by atoms with Gasteiger partial charge in [-0.05, 0) is 17.7 Å². The van der Waals surface area contributed by atoms with E-state index in [4.69, 9.17) is 10.3 Å². The zero-order valence-corrected chi connectivity index (χ0v) is 9.94. The number of alkyl halides is 3. The fourth-order valence-corrected chi connectivity index (χ4v) is 1.59. The summed E-state index contributed by atoms with van der Waals surface area (Å²) in [6.07, 6.45) is -5.09. The summed E-state index contributed by atoms with van der Waals surface area (Å²) in [5.41, 5.74) is 7.09. The molecule has 0 fully saturated rings. The van der Waals surface area contributed by atoms with Crippen LogP contribution < -0.4 is 5.73 Å². The number of aromatic nitrogens is 2. The first-order valence-corrected chi connectivity index (χ1v) is 5.65. The predicted molar refractivity (Wildman–Crippen MR) is 62.3 cm³/mol. The van der Waals surface area contributed by atoms with Gasteiger partial charge in [0.2, 0.25) is 5.89 Å². The van der Waals surface area contributed by atoms with Gasteiger partial charge in [0.05, 0.1) is 12.8 Å². The Hall–Kier alpha value is -2.05. The van der Waals surface area contributed by atoms with E-state index in [0.717, 1.165) is 5.56 Å². The van der Waals surface area contributed by atoms with Gasteiger partial charge >= 0.3 is 6.18 Å². The zero-order valence-electron chi connectivity index (χ0n) is 9.94. The number of aryl methyl sites for hydroxylation is 1. The zero-order chi connectivity index (χ0) is 13.9. The van der Waals surface area contributed by atoms with Crippen LogP contribution in [-0.2, 0) is 12.8 Å². The van der Waals surface area contributed by atoms with Crippen LogP contribution in [0.25, 0.3) is 0 Å². The maximum Gasteiger partial charge on any atom is 0.389 e. The van der Waals surface area contributed by atoms with Gasteiger partial charge in [-0.2, -0.15) is 18.2 Å². The van der Waals surface area contributed by atoms with Crippen LogP contribution in [0.1, 0.15) is 23.7 Å². The number of nitrogens with two attached hydrogens (primary N) is 1. The lowest BCUT2D eigenvalue weighted by Gasteiger charge is -2.01. The molecule has 1 heterocycles. The maximum atomic E-state index is 12.0. The number of hydrogen-bond acceptors (Lipinski definition) is 4. The third-order valence-electron chi connectivity index (χ3n) is 2.45. The van der Waals surface area contributed by atoms with E-state index in [9.17, 15) is 13.2 Å². The van der Waals surface area contributed by atoms with Crippen LogP contribution in [0, 0.1) is 0 Å². The van der Waals surface area contributed by atoms with Crippen molar-refractivity contribution in [3.05, 3.63) is 41.5 Å². The molecular formula is C12H12F3N3O. The molecule has 0 aliphatic carbocycles. The number of rotatable bonds is 4. The molecule has 0 atom stereocenters. The molecule has 19 heavy (non-hydrogen) atoms. The third-order valence-corrected chi connectivity index (χ3v) is 2.45. The van der Waals surface area contributed by atoms with Crippen LogP contribution in [0.5, 0.6) is 0 Å². The van der Waals surface area contributed by atoms with Gasteiger partial charge in [-0.1, -0.05) is 17.3 Å². The SMILES string of the molecule is Nc1cccc(Cc2nc(CCC(F)(F)F)no2)c1. The van der Waals surface area contributed by atoms with Crippen LogP contribution in [0.4, 0.5) is 18.9 Å². The predicted octanol–water partition coefficient (Wildman–Crippen LogP) is 2.74. The summed E-state index contributed by atoms with van der Waals surface area (Å²) in [7, 11) is 0. The summed E-state index contributed by atoms with van der Waals surface area (Å²) in [4.78, 5) is 3.92. The number of benzene rings is 1. The number of nitrogen functional groups attached to an aromatic ring is 1. The molecule has 0 amide bonds. The van der Waals surface area contributed by atoms with E-state index in [2.05, 4.69) is 10.1 Å². The minimum atomic E-state index is -4.21. The smallest absolute Gasteiger partial charge is 0.389 e. The molecule has 4 nitrogen and oxygen atoms in total. The summed E-state index contributed by atoms with van der Waals surface area (Å²) in [5, 5.41) is 3.52. The summed E-state index contributed by atoms with van der Waals surface area (Å²) in [6, 6.07) is 7.10. The third kappa shape index (κ3) is 4.27. The van der Waals surface area contributed by atoms with Crippen molar-refractivity contribution in [1.82, 2.24) is 10.1 Å². The van der Waals surface area contributed by atoms with Crippen molar-refractivity contribution in [3.63, 3.8) is 0 Å². The number of hydrogen-bond donors (Lipinski definition) is 1. The quantitative estimate of drug-likeness (QED) is 0.868. The van der Waals surface area contributed by atoms with Gasteiger partial charge in [-0.15, -0.1) is 0 Å². The first kappa shape index (κ1) is 13.4. The Morgan fingerprint density at radius 1 is 1.26 bits per heavy atom. The fraction of sp³-hybridized carbons (Fsp3) is 0.333. The molecule has 2 aromatic rings. The van der Waals surface area contributed by atoms with Gasteiger partial charge in [0, 0.05) is 12.1 Å². The van der Waals surface area contributed by atoms with Gasteiger partial charge in [0.25, 0.3) is 0 Å². The van der Waals surface area contributed by atoms with E-state index < -0.39 is 12.6 Å². The highest BCUT2D eigenvalue weighted by molar-refractivity contribution is 5.41. The van der Waals surface area contributed by atoms with Crippen LogP contribution in [0.15, 0.2) is 28.8 Å². The highest BCUT2D eigenvalue weighted by atomic mass is 19.4. The minimum Gasteiger partial charge on any atom is -0.399 e. The second kappa shape index (κ2) is 5.29. The molecule has 1 aromatic carbocycles. The van der Waals surface area contributed by atoms with Gasteiger partial charge in [0.15, 0.2) is 5.82 Å². The van der Waals surface area contributed by atoms with Crippen LogP contribution in [0.3, 0.4) is 0 Å². The summed E-state index contributed by atoms with van der Waals surface area (Å²) < 4.78 is 41.0. The average molecular weight is 271 g/mol. The fourth-order valence-electron chi connectivity index (χ4n) is 1.59. The van der Waals surface area contributed by atoms with Crippen LogP contribution in [0.2, 0.25) is 0 Å². The minimum absolute atomic E-state index is 0.0660. The van der Waals surface area contributed by atoms with Gasteiger partial charge in [-0.3, -0.25) is 0 Å². The Bertz CT molecular complexity index is 551. The Morgan fingerprint density at radius 2 is 2.05 bits per heavy atom. The van der Waals surface area contributed by atoms with E-state index in [0.29, 0.717) is 12.1 Å². The lowest BCUT2D eigenvalue weighted by molar-refractivity contribution is -0.134. The molecule has 0 saturated heterocycles. The first-order valence-electron chi connectivity index (χ1n) is 5.65. The highest BCUT2D eigenvalue weighted by Crippen LogP contribution is 2.21. The number of anilines is 1. The van der Waals surface area contributed by atoms with E-state index in [1.54, 1.807) is 18.2 Å². The van der Waals surface area contributed by atoms with Crippen molar-refractivity contribution in [2.24, 2.45) is 0 Å². The van der Waals surface area contributed by atoms with Crippen LogP contribution in [-0.4, -0.2) is 16.3 Å². The second-order valence-corrected chi connectivity index (χ2v) is 4.14. The Kier molecular flexibility index (Phi) is 3.73. The number of nitrogens with zero attached hydrogens (tertiary/aromatic N) is 2. The molecular weight excluding hydrogens is 259 g/mol. The standard InChI is InChI=1S/C12H12F3N3O/c13-12(14,15)5-4-10-17-11(19-18-10)7-8-2-1-3-9(16)6-8/h1-3,6H,4-5,7,16H2. The van der Waals surface area contributed by atoms with Crippen LogP contribution >= 0.6 is 0 Å². The highest BCUT2D eigenvalue weighted by Gasteiger charge is 2.27. The molecule has 2 rings (SSSR count).